The van der Waals surface area contributed by atoms with Crippen molar-refractivity contribution >= 4 is 5.90 Å². The molecule has 0 saturated carbocycles. The van der Waals surface area contributed by atoms with Gasteiger partial charge in [-0.25, -0.2) is 0 Å². The molecule has 6 heteroatoms. The van der Waals surface area contributed by atoms with Gasteiger partial charge in [0.25, 0.3) is 0 Å². The number of hydrazone groups is 1. The first-order chi connectivity index (χ1) is 5.83. The number of nitrogens with zero attached hydrogens (tertiary/aromatic N) is 2. The summed E-state index contributed by atoms with van der Waals surface area (Å²) in [6.45, 7) is 0.772. The monoisotopic (exact) mass is 174 g/mol. The Morgan fingerprint density at radius 2 is 2.58 bits per heavy atom. The van der Waals surface area contributed by atoms with Gasteiger partial charge in [-0.05, 0) is 5.34 Å². The summed E-state index contributed by atoms with van der Waals surface area (Å²) in [6, 6.07) is 0. The van der Waals surface area contributed by atoms with E-state index >= 15 is 0 Å². The zero-order valence-corrected chi connectivity index (χ0v) is 6.58. The van der Waals surface area contributed by atoms with E-state index in [4.69, 9.17) is 9.47 Å². The van der Waals surface area contributed by atoms with E-state index in [-0.39, 0.29) is 11.2 Å². The van der Waals surface area contributed by atoms with Crippen molar-refractivity contribution in [3.05, 3.63) is 12.3 Å². The summed E-state index contributed by atoms with van der Waals surface area (Å²) in [7, 11) is 1.55. The molecule has 0 bridgehead atoms. The molecule has 1 radical (unpaired) electrons. The molecule has 0 aliphatic carbocycles. The molecule has 0 atom stereocenters. The zero-order chi connectivity index (χ0) is 8.81. The molecule has 1 rings (SSSR count). The number of ether oxygens (including phenoxy) is 2. The standard InChI is InChI=1S/C6H9FN3O2/c1-11-4-5-12-6-2-3-8-10(7)9-6/h2,8H,4-5H2,1H3. The third-order valence-corrected chi connectivity index (χ3v) is 1.08. The van der Waals surface area contributed by atoms with Crippen LogP contribution in [0.25, 0.3) is 0 Å². The van der Waals surface area contributed by atoms with Crippen molar-refractivity contribution in [3.63, 3.8) is 0 Å². The molecule has 12 heavy (non-hydrogen) atoms. The number of hydrogen-bond acceptors (Lipinski definition) is 5. The fourth-order valence-corrected chi connectivity index (χ4v) is 0.588. The molecule has 1 aliphatic heterocycles. The maximum Gasteiger partial charge on any atom is 0.238 e. The Labute approximate surface area is 69.3 Å². The first-order valence-corrected chi connectivity index (χ1v) is 3.33. The second-order valence-electron chi connectivity index (χ2n) is 1.94. The van der Waals surface area contributed by atoms with Crippen molar-refractivity contribution < 1.29 is 14.0 Å². The highest BCUT2D eigenvalue weighted by molar-refractivity contribution is 5.87. The third kappa shape index (κ3) is 2.75. The van der Waals surface area contributed by atoms with Gasteiger partial charge in [0, 0.05) is 13.2 Å². The first-order valence-electron chi connectivity index (χ1n) is 3.33. The third-order valence-electron chi connectivity index (χ3n) is 1.08. The van der Waals surface area contributed by atoms with Gasteiger partial charge >= 0.3 is 0 Å². The Morgan fingerprint density at radius 1 is 1.75 bits per heavy atom. The minimum atomic E-state index is 0.0160. The number of methoxy groups -OCH3 is 1. The van der Waals surface area contributed by atoms with E-state index in [9.17, 15) is 4.48 Å². The molecule has 1 aliphatic rings. The molecule has 0 unspecified atom stereocenters. The average Bonchev–Trinajstić information content (AvgIpc) is 2.05. The highest BCUT2D eigenvalue weighted by Crippen LogP contribution is 1.95. The first kappa shape index (κ1) is 8.79. The van der Waals surface area contributed by atoms with Crippen LogP contribution in [0.5, 0.6) is 0 Å². The van der Waals surface area contributed by atoms with Crippen LogP contribution in [-0.4, -0.2) is 31.6 Å². The molecule has 0 aromatic carbocycles. The van der Waals surface area contributed by atoms with Gasteiger partial charge < -0.3 is 9.47 Å². The molecule has 0 fully saturated rings. The zero-order valence-electron chi connectivity index (χ0n) is 6.58. The lowest BCUT2D eigenvalue weighted by Gasteiger charge is -2.12. The minimum Gasteiger partial charge on any atom is -0.474 e. The molecule has 0 spiro atoms. The predicted octanol–water partition coefficient (Wildman–Crippen LogP) is -0.0155. The van der Waals surface area contributed by atoms with Crippen molar-refractivity contribution in [1.82, 2.24) is 10.8 Å². The van der Waals surface area contributed by atoms with E-state index in [0.29, 0.717) is 13.2 Å². The van der Waals surface area contributed by atoms with Gasteiger partial charge in [0.15, 0.2) is 0 Å². The fourth-order valence-electron chi connectivity index (χ4n) is 0.588. The van der Waals surface area contributed by atoms with Gasteiger partial charge in [-0.2, -0.15) is 0 Å². The van der Waals surface area contributed by atoms with E-state index in [1.54, 1.807) is 7.11 Å². The Morgan fingerprint density at radius 3 is 3.25 bits per heavy atom. The van der Waals surface area contributed by atoms with Crippen LogP contribution in [0.1, 0.15) is 0 Å². The summed E-state index contributed by atoms with van der Waals surface area (Å²) in [5, 5.41) is 3.35. The van der Waals surface area contributed by atoms with Crippen molar-refractivity contribution in [3.8, 4) is 0 Å². The summed E-state index contributed by atoms with van der Waals surface area (Å²) >= 11 is 0. The minimum absolute atomic E-state index is 0.0160. The summed E-state index contributed by atoms with van der Waals surface area (Å²) in [5.74, 6) is 0.160. The lowest BCUT2D eigenvalue weighted by atomic mass is 10.6. The van der Waals surface area contributed by atoms with Crippen LogP contribution in [0.4, 0.5) is 4.48 Å². The Bertz CT molecular complexity index is 195. The largest absolute Gasteiger partial charge is 0.474 e. The second-order valence-corrected chi connectivity index (χ2v) is 1.94. The van der Waals surface area contributed by atoms with Crippen LogP contribution in [0.15, 0.2) is 11.2 Å². The van der Waals surface area contributed by atoms with E-state index in [1.165, 1.54) is 6.08 Å². The van der Waals surface area contributed by atoms with Crippen LogP contribution in [0.2, 0.25) is 0 Å². The Balaban J connectivity index is 2.26. The van der Waals surface area contributed by atoms with Crippen LogP contribution >= 0.6 is 0 Å². The maximum atomic E-state index is 12.3. The summed E-state index contributed by atoms with van der Waals surface area (Å²) < 4.78 is 22.0. The fraction of sp³-hybridized carbons (Fsp3) is 0.500. The molecule has 5 nitrogen and oxygen atoms in total. The van der Waals surface area contributed by atoms with Crippen molar-refractivity contribution in [2.45, 2.75) is 0 Å². The molecule has 1 N–H and O–H groups in total. The molecular weight excluding hydrogens is 165 g/mol. The predicted molar refractivity (Wildman–Crippen MR) is 39.2 cm³/mol. The van der Waals surface area contributed by atoms with Crippen LogP contribution in [0, 0.1) is 6.20 Å². The molecule has 0 saturated heterocycles. The number of hydrazine groups is 1. The second kappa shape index (κ2) is 4.55. The quantitative estimate of drug-likeness (QED) is 0.482. The summed E-state index contributed by atoms with van der Waals surface area (Å²) in [6.07, 6.45) is 3.79. The van der Waals surface area contributed by atoms with Gasteiger partial charge in [0.2, 0.25) is 5.90 Å². The SMILES string of the molecule is COCCOC1=NN(F)N[C]=C1. The molecule has 0 amide bonds. The van der Waals surface area contributed by atoms with E-state index in [0.717, 1.165) is 0 Å². The van der Waals surface area contributed by atoms with E-state index in [1.807, 2.05) is 0 Å². The molecular formula is C6H9FN3O2. The average molecular weight is 174 g/mol. The molecule has 1 heterocycles. The molecule has 0 aromatic heterocycles. The van der Waals surface area contributed by atoms with Gasteiger partial charge in [-0.3, -0.25) is 5.43 Å². The van der Waals surface area contributed by atoms with Crippen molar-refractivity contribution in [1.29, 1.82) is 0 Å². The lowest BCUT2D eigenvalue weighted by Crippen LogP contribution is -2.27. The molecule has 0 aromatic rings. The number of halogens is 1. The highest BCUT2D eigenvalue weighted by Gasteiger charge is 2.05. The highest BCUT2D eigenvalue weighted by atomic mass is 19.2. The normalized spacial score (nSPS) is 15.5. The van der Waals surface area contributed by atoms with E-state index in [2.05, 4.69) is 16.7 Å². The van der Waals surface area contributed by atoms with Gasteiger partial charge in [0.1, 0.15) is 6.61 Å². The van der Waals surface area contributed by atoms with Gasteiger partial charge in [0.05, 0.1) is 12.8 Å². The Hall–Kier alpha value is -1.30. The van der Waals surface area contributed by atoms with Crippen LogP contribution in [0.3, 0.4) is 0 Å². The van der Waals surface area contributed by atoms with Gasteiger partial charge in [-0.15, -0.1) is 0 Å². The molecule has 67 valence electrons. The summed E-state index contributed by atoms with van der Waals surface area (Å²) in [5.41, 5.74) is 2.06. The lowest BCUT2D eigenvalue weighted by molar-refractivity contribution is -0.0215. The Kier molecular flexibility index (Phi) is 3.34. The van der Waals surface area contributed by atoms with Gasteiger partial charge in [-0.1, -0.05) is 9.58 Å². The number of hydrogen-bond donors (Lipinski definition) is 1. The van der Waals surface area contributed by atoms with Crippen LogP contribution < -0.4 is 5.43 Å². The topological polar surface area (TPSA) is 46.1 Å². The van der Waals surface area contributed by atoms with Crippen molar-refractivity contribution in [2.75, 3.05) is 20.3 Å². The number of nitrogens with one attached hydrogen (secondary N) is 1. The summed E-state index contributed by atoms with van der Waals surface area (Å²) in [4.78, 5) is 0. The van der Waals surface area contributed by atoms with Crippen LogP contribution in [-0.2, 0) is 9.47 Å². The van der Waals surface area contributed by atoms with Crippen molar-refractivity contribution in [2.24, 2.45) is 5.10 Å². The smallest absolute Gasteiger partial charge is 0.238 e. The maximum absolute atomic E-state index is 12.3. The van der Waals surface area contributed by atoms with E-state index < -0.39 is 0 Å². The number of rotatable bonds is 3.